The van der Waals surface area contributed by atoms with E-state index < -0.39 is 6.10 Å². The van der Waals surface area contributed by atoms with Gasteiger partial charge >= 0.3 is 0 Å². The van der Waals surface area contributed by atoms with Crippen LogP contribution in [0.3, 0.4) is 0 Å². The molecule has 2 nitrogen and oxygen atoms in total. The zero-order valence-electron chi connectivity index (χ0n) is 9.39. The number of aliphatic hydroxyl groups excluding tert-OH is 1. The van der Waals surface area contributed by atoms with Gasteiger partial charge in [-0.05, 0) is 50.1 Å². The molecule has 78 valence electrons. The number of nitrogens with one attached hydrogen (secondary N) is 1. The Morgan fingerprint density at radius 3 is 2.14 bits per heavy atom. The standard InChI is InChI=1S/C12H19NO/c1-8-5-11(12(14)7-13-4)6-9(2)10(8)3/h5-6,12-14H,7H2,1-4H3. The molecule has 2 heteroatoms. The van der Waals surface area contributed by atoms with Crippen LogP contribution in [0.25, 0.3) is 0 Å². The van der Waals surface area contributed by atoms with Gasteiger partial charge in [-0.15, -0.1) is 0 Å². The maximum atomic E-state index is 9.80. The Balaban J connectivity index is 3.00. The van der Waals surface area contributed by atoms with Gasteiger partial charge < -0.3 is 10.4 Å². The van der Waals surface area contributed by atoms with Crippen LogP contribution < -0.4 is 5.32 Å². The van der Waals surface area contributed by atoms with Crippen LogP contribution in [0.1, 0.15) is 28.4 Å². The minimum absolute atomic E-state index is 0.405. The number of benzene rings is 1. The average Bonchev–Trinajstić information content (AvgIpc) is 2.13. The lowest BCUT2D eigenvalue weighted by Gasteiger charge is -2.14. The van der Waals surface area contributed by atoms with Crippen molar-refractivity contribution in [3.63, 3.8) is 0 Å². The zero-order valence-corrected chi connectivity index (χ0v) is 9.39. The molecule has 1 unspecified atom stereocenters. The number of aliphatic hydroxyl groups is 1. The highest BCUT2D eigenvalue weighted by atomic mass is 16.3. The van der Waals surface area contributed by atoms with Crippen molar-refractivity contribution in [2.24, 2.45) is 0 Å². The molecule has 0 saturated heterocycles. The first-order valence-corrected chi connectivity index (χ1v) is 4.96. The van der Waals surface area contributed by atoms with E-state index in [1.54, 1.807) is 0 Å². The molecule has 1 rings (SSSR count). The Morgan fingerprint density at radius 2 is 1.71 bits per heavy atom. The van der Waals surface area contributed by atoms with Crippen LogP contribution in [0, 0.1) is 20.8 Å². The van der Waals surface area contributed by atoms with Crippen LogP contribution in [-0.4, -0.2) is 18.7 Å². The molecule has 0 amide bonds. The zero-order chi connectivity index (χ0) is 10.7. The Kier molecular flexibility index (Phi) is 3.67. The van der Waals surface area contributed by atoms with E-state index in [0.717, 1.165) is 5.56 Å². The molecular formula is C12H19NO. The van der Waals surface area contributed by atoms with Crippen molar-refractivity contribution in [1.29, 1.82) is 0 Å². The molecule has 0 aromatic heterocycles. The molecule has 1 aromatic rings. The summed E-state index contributed by atoms with van der Waals surface area (Å²) in [7, 11) is 1.84. The van der Waals surface area contributed by atoms with Crippen molar-refractivity contribution in [3.8, 4) is 0 Å². The topological polar surface area (TPSA) is 32.3 Å². The quantitative estimate of drug-likeness (QED) is 0.768. The lowest BCUT2D eigenvalue weighted by Crippen LogP contribution is -2.17. The molecule has 1 aromatic carbocycles. The van der Waals surface area contributed by atoms with Crippen LogP contribution in [0.4, 0.5) is 0 Å². The fraction of sp³-hybridized carbons (Fsp3) is 0.500. The Labute approximate surface area is 86.0 Å². The number of aryl methyl sites for hydroxylation is 2. The van der Waals surface area contributed by atoms with Crippen molar-refractivity contribution in [2.75, 3.05) is 13.6 Å². The summed E-state index contributed by atoms with van der Waals surface area (Å²) in [5, 5.41) is 12.8. The van der Waals surface area contributed by atoms with Crippen molar-refractivity contribution < 1.29 is 5.11 Å². The summed E-state index contributed by atoms with van der Waals surface area (Å²) in [4.78, 5) is 0. The van der Waals surface area contributed by atoms with Crippen molar-refractivity contribution in [3.05, 3.63) is 34.4 Å². The van der Waals surface area contributed by atoms with Gasteiger partial charge in [0, 0.05) is 6.54 Å². The first-order chi connectivity index (χ1) is 6.56. The second-order valence-electron chi connectivity index (χ2n) is 3.85. The third-order valence-electron chi connectivity index (χ3n) is 2.73. The van der Waals surface area contributed by atoms with E-state index in [1.807, 2.05) is 7.05 Å². The maximum absolute atomic E-state index is 9.80. The summed E-state index contributed by atoms with van der Waals surface area (Å²) >= 11 is 0. The summed E-state index contributed by atoms with van der Waals surface area (Å²) < 4.78 is 0. The van der Waals surface area contributed by atoms with Gasteiger partial charge in [0.1, 0.15) is 0 Å². The molecule has 0 heterocycles. The molecule has 0 radical (unpaired) electrons. The van der Waals surface area contributed by atoms with Crippen LogP contribution >= 0.6 is 0 Å². The second kappa shape index (κ2) is 4.58. The third-order valence-corrected chi connectivity index (χ3v) is 2.73. The van der Waals surface area contributed by atoms with Crippen molar-refractivity contribution in [1.82, 2.24) is 5.32 Å². The minimum Gasteiger partial charge on any atom is -0.387 e. The number of hydrogen-bond donors (Lipinski definition) is 2. The van der Waals surface area contributed by atoms with E-state index >= 15 is 0 Å². The summed E-state index contributed by atoms with van der Waals surface area (Å²) in [6.45, 7) is 6.87. The Hall–Kier alpha value is -0.860. The van der Waals surface area contributed by atoms with Gasteiger partial charge in [0.05, 0.1) is 6.10 Å². The highest BCUT2D eigenvalue weighted by Gasteiger charge is 2.08. The van der Waals surface area contributed by atoms with Gasteiger partial charge in [0.25, 0.3) is 0 Å². The largest absolute Gasteiger partial charge is 0.387 e. The van der Waals surface area contributed by atoms with Gasteiger partial charge in [-0.3, -0.25) is 0 Å². The van der Waals surface area contributed by atoms with E-state index in [-0.39, 0.29) is 0 Å². The molecular weight excluding hydrogens is 174 g/mol. The lowest BCUT2D eigenvalue weighted by atomic mass is 9.98. The molecule has 0 aliphatic rings. The summed E-state index contributed by atoms with van der Waals surface area (Å²) in [6.07, 6.45) is -0.405. The summed E-state index contributed by atoms with van der Waals surface area (Å²) in [6, 6.07) is 4.12. The van der Waals surface area contributed by atoms with Crippen LogP contribution in [0.15, 0.2) is 12.1 Å². The lowest BCUT2D eigenvalue weighted by molar-refractivity contribution is 0.177. The molecule has 0 bridgehead atoms. The normalized spacial score (nSPS) is 12.9. The smallest absolute Gasteiger partial charge is 0.0914 e. The van der Waals surface area contributed by atoms with Gasteiger partial charge in [-0.1, -0.05) is 12.1 Å². The van der Waals surface area contributed by atoms with Crippen molar-refractivity contribution in [2.45, 2.75) is 26.9 Å². The van der Waals surface area contributed by atoms with E-state index in [4.69, 9.17) is 0 Å². The Morgan fingerprint density at radius 1 is 1.21 bits per heavy atom. The monoisotopic (exact) mass is 193 g/mol. The first-order valence-electron chi connectivity index (χ1n) is 4.96. The molecule has 0 saturated carbocycles. The maximum Gasteiger partial charge on any atom is 0.0914 e. The van der Waals surface area contributed by atoms with E-state index in [2.05, 4.69) is 38.2 Å². The Bertz CT molecular complexity index is 297. The van der Waals surface area contributed by atoms with Crippen LogP contribution in [-0.2, 0) is 0 Å². The van der Waals surface area contributed by atoms with E-state index in [0.29, 0.717) is 6.54 Å². The van der Waals surface area contributed by atoms with E-state index in [1.165, 1.54) is 16.7 Å². The predicted octanol–water partition coefficient (Wildman–Crippen LogP) is 1.86. The first kappa shape index (κ1) is 11.2. The highest BCUT2D eigenvalue weighted by Crippen LogP contribution is 2.20. The van der Waals surface area contributed by atoms with Crippen LogP contribution in [0.5, 0.6) is 0 Å². The van der Waals surface area contributed by atoms with Gasteiger partial charge in [-0.25, -0.2) is 0 Å². The molecule has 0 aliphatic heterocycles. The SMILES string of the molecule is CNCC(O)c1cc(C)c(C)c(C)c1. The fourth-order valence-corrected chi connectivity index (χ4v) is 1.57. The third kappa shape index (κ3) is 2.34. The fourth-order valence-electron chi connectivity index (χ4n) is 1.57. The summed E-state index contributed by atoms with van der Waals surface area (Å²) in [5.74, 6) is 0. The van der Waals surface area contributed by atoms with E-state index in [9.17, 15) is 5.11 Å². The van der Waals surface area contributed by atoms with Gasteiger partial charge in [0.2, 0.25) is 0 Å². The summed E-state index contributed by atoms with van der Waals surface area (Å²) in [5.41, 5.74) is 4.80. The number of hydrogen-bond acceptors (Lipinski definition) is 2. The molecule has 14 heavy (non-hydrogen) atoms. The van der Waals surface area contributed by atoms with Crippen LogP contribution in [0.2, 0.25) is 0 Å². The minimum atomic E-state index is -0.405. The average molecular weight is 193 g/mol. The van der Waals surface area contributed by atoms with Gasteiger partial charge in [-0.2, -0.15) is 0 Å². The molecule has 0 spiro atoms. The number of rotatable bonds is 3. The molecule has 0 aliphatic carbocycles. The number of likely N-dealkylation sites (N-methyl/N-ethyl adjacent to an activating group) is 1. The van der Waals surface area contributed by atoms with Gasteiger partial charge in [0.15, 0.2) is 0 Å². The highest BCUT2D eigenvalue weighted by molar-refractivity contribution is 5.37. The molecule has 1 atom stereocenters. The second-order valence-corrected chi connectivity index (χ2v) is 3.85. The predicted molar refractivity (Wildman–Crippen MR) is 59.5 cm³/mol. The van der Waals surface area contributed by atoms with Crippen molar-refractivity contribution >= 4 is 0 Å². The molecule has 2 N–H and O–H groups in total. The molecule has 0 fully saturated rings.